The maximum absolute atomic E-state index is 4.60. The lowest BCUT2D eigenvalue weighted by Crippen LogP contribution is -1.93. The van der Waals surface area contributed by atoms with Crippen molar-refractivity contribution in [2.75, 3.05) is 5.75 Å². The molecule has 0 radical (unpaired) electrons. The largest absolute Gasteiger partial charge is 0.240 e. The summed E-state index contributed by atoms with van der Waals surface area (Å²) < 4.78 is 0. The minimum absolute atomic E-state index is 1.08. The monoisotopic (exact) mass is 205 g/mol. The van der Waals surface area contributed by atoms with Crippen LogP contribution in [0.5, 0.6) is 0 Å². The van der Waals surface area contributed by atoms with Gasteiger partial charge in [-0.2, -0.15) is 0 Å². The normalized spacial score (nSPS) is 18.8. The lowest BCUT2D eigenvalue weighted by atomic mass is 10.3. The van der Waals surface area contributed by atoms with Gasteiger partial charge < -0.3 is 0 Å². The molecule has 13 heavy (non-hydrogen) atoms. The second-order valence-corrected chi connectivity index (χ2v) is 4.96. The van der Waals surface area contributed by atoms with Crippen molar-refractivity contribution >= 4 is 34.3 Å². The van der Waals surface area contributed by atoms with E-state index >= 15 is 0 Å². The number of hydrogen-bond acceptors (Lipinski definition) is 3. The number of rotatable bonds is 0. The van der Waals surface area contributed by atoms with E-state index in [1.165, 1.54) is 14.8 Å². The lowest BCUT2D eigenvalue weighted by Gasteiger charge is -2.12. The van der Waals surface area contributed by atoms with Gasteiger partial charge in [0.25, 0.3) is 0 Å². The van der Waals surface area contributed by atoms with E-state index < -0.39 is 0 Å². The zero-order chi connectivity index (χ0) is 8.67. The molecule has 1 aromatic carbocycles. The van der Waals surface area contributed by atoms with Crippen LogP contribution in [0, 0.1) is 0 Å². The van der Waals surface area contributed by atoms with E-state index in [1.807, 2.05) is 29.6 Å². The molecule has 2 aliphatic rings. The van der Waals surface area contributed by atoms with Crippen LogP contribution < -0.4 is 0 Å². The van der Waals surface area contributed by atoms with Gasteiger partial charge in [-0.25, -0.2) is 4.99 Å². The molecule has 0 saturated heterocycles. The minimum atomic E-state index is 1.08. The van der Waals surface area contributed by atoms with Gasteiger partial charge in [0.15, 0.2) is 0 Å². The van der Waals surface area contributed by atoms with Crippen LogP contribution in [0.25, 0.3) is 0 Å². The van der Waals surface area contributed by atoms with Gasteiger partial charge >= 0.3 is 0 Å². The number of aliphatic imine (C=N–C) groups is 1. The molecule has 0 saturated carbocycles. The Morgan fingerprint density at radius 1 is 1.23 bits per heavy atom. The summed E-state index contributed by atoms with van der Waals surface area (Å²) in [5.74, 6) is 1.08. The highest BCUT2D eigenvalue weighted by Crippen LogP contribution is 2.44. The average Bonchev–Trinajstić information content (AvgIpc) is 2.61. The third kappa shape index (κ3) is 1.23. The summed E-state index contributed by atoms with van der Waals surface area (Å²) in [7, 11) is 0. The number of benzene rings is 1. The maximum atomic E-state index is 4.60. The van der Waals surface area contributed by atoms with E-state index in [-0.39, 0.29) is 0 Å². The molecule has 1 aromatic rings. The Morgan fingerprint density at radius 3 is 3.15 bits per heavy atom. The summed E-state index contributed by atoms with van der Waals surface area (Å²) in [4.78, 5) is 7.21. The molecule has 3 heteroatoms. The number of thioether (sulfide) groups is 2. The topological polar surface area (TPSA) is 12.4 Å². The Hall–Kier alpha value is -0.670. The maximum Gasteiger partial charge on any atom is 0.111 e. The molecule has 0 bridgehead atoms. The predicted molar refractivity (Wildman–Crippen MR) is 59.9 cm³/mol. The Balaban J connectivity index is 2.18. The van der Waals surface area contributed by atoms with E-state index in [4.69, 9.17) is 0 Å². The number of fused-ring (bicyclic) bond motifs is 2. The van der Waals surface area contributed by atoms with Crippen LogP contribution in [0.4, 0.5) is 5.69 Å². The van der Waals surface area contributed by atoms with Gasteiger partial charge in [0.1, 0.15) is 5.04 Å². The van der Waals surface area contributed by atoms with Gasteiger partial charge in [0, 0.05) is 15.6 Å². The molecule has 0 fully saturated rings. The van der Waals surface area contributed by atoms with Crippen LogP contribution in [0.1, 0.15) is 0 Å². The van der Waals surface area contributed by atoms with E-state index in [0.717, 1.165) is 11.4 Å². The van der Waals surface area contributed by atoms with E-state index in [2.05, 4.69) is 29.3 Å². The highest BCUT2D eigenvalue weighted by atomic mass is 32.2. The zero-order valence-electron chi connectivity index (χ0n) is 6.86. The van der Waals surface area contributed by atoms with Crippen molar-refractivity contribution in [2.45, 2.75) is 4.90 Å². The van der Waals surface area contributed by atoms with Gasteiger partial charge in [-0.05, 0) is 12.1 Å². The highest BCUT2D eigenvalue weighted by Gasteiger charge is 2.20. The first-order valence-corrected chi connectivity index (χ1v) is 5.92. The van der Waals surface area contributed by atoms with Crippen molar-refractivity contribution in [1.82, 2.24) is 0 Å². The first kappa shape index (κ1) is 7.71. The first-order chi connectivity index (χ1) is 6.43. The molecule has 0 aromatic heterocycles. The van der Waals surface area contributed by atoms with Crippen molar-refractivity contribution in [3.05, 3.63) is 35.2 Å². The number of para-hydroxylation sites is 1. The van der Waals surface area contributed by atoms with Gasteiger partial charge in [-0.3, -0.25) is 0 Å². The smallest absolute Gasteiger partial charge is 0.111 e. The second kappa shape index (κ2) is 2.93. The van der Waals surface area contributed by atoms with Crippen LogP contribution >= 0.6 is 23.5 Å². The van der Waals surface area contributed by atoms with Crippen molar-refractivity contribution in [3.63, 3.8) is 0 Å². The quantitative estimate of drug-likeness (QED) is 0.643. The van der Waals surface area contributed by atoms with Gasteiger partial charge in [-0.1, -0.05) is 30.0 Å². The number of hydrogen-bond donors (Lipinski definition) is 0. The van der Waals surface area contributed by atoms with E-state index in [9.17, 15) is 0 Å². The standard InChI is InChI=1S/C10H7NS2/c1-2-4-8-7(3-1)11-10-9(13-8)5-6-12-10/h1-5H,6H2. The molecule has 0 amide bonds. The average molecular weight is 205 g/mol. The van der Waals surface area contributed by atoms with Crippen LogP contribution in [0.15, 0.2) is 45.1 Å². The predicted octanol–water partition coefficient (Wildman–Crippen LogP) is 3.45. The van der Waals surface area contributed by atoms with Gasteiger partial charge in [0.2, 0.25) is 0 Å². The molecule has 3 rings (SSSR count). The van der Waals surface area contributed by atoms with Crippen LogP contribution in [0.3, 0.4) is 0 Å². The van der Waals surface area contributed by atoms with Gasteiger partial charge in [-0.15, -0.1) is 11.8 Å². The van der Waals surface area contributed by atoms with Crippen LogP contribution in [-0.4, -0.2) is 10.8 Å². The summed E-state index contributed by atoms with van der Waals surface area (Å²) in [6.07, 6.45) is 2.25. The van der Waals surface area contributed by atoms with Crippen molar-refractivity contribution in [3.8, 4) is 0 Å². The van der Waals surface area contributed by atoms with Crippen molar-refractivity contribution < 1.29 is 0 Å². The molecule has 2 heterocycles. The fourth-order valence-corrected chi connectivity index (χ4v) is 3.50. The molecule has 0 atom stereocenters. The molecule has 0 aliphatic carbocycles. The molecule has 2 aliphatic heterocycles. The molecule has 0 N–H and O–H groups in total. The van der Waals surface area contributed by atoms with Crippen molar-refractivity contribution in [1.29, 1.82) is 0 Å². The third-order valence-electron chi connectivity index (χ3n) is 2.01. The Morgan fingerprint density at radius 2 is 2.15 bits per heavy atom. The van der Waals surface area contributed by atoms with Crippen molar-refractivity contribution in [2.24, 2.45) is 4.99 Å². The molecular formula is C10H7NS2. The van der Waals surface area contributed by atoms with Crippen LogP contribution in [-0.2, 0) is 0 Å². The van der Waals surface area contributed by atoms with Crippen LogP contribution in [0.2, 0.25) is 0 Å². The second-order valence-electron chi connectivity index (χ2n) is 2.87. The Bertz CT molecular complexity index is 421. The summed E-state index contributed by atoms with van der Waals surface area (Å²) in [5, 5.41) is 1.20. The fraction of sp³-hybridized carbons (Fsp3) is 0.100. The third-order valence-corrected chi connectivity index (χ3v) is 4.20. The number of nitrogens with zero attached hydrogens (tertiary/aromatic N) is 1. The SMILES string of the molecule is C1=C2Sc3ccccc3N=C2SC1. The molecule has 0 unspecified atom stereocenters. The Kier molecular flexibility index (Phi) is 1.73. The fourth-order valence-electron chi connectivity index (χ4n) is 1.39. The first-order valence-electron chi connectivity index (χ1n) is 4.12. The van der Waals surface area contributed by atoms with E-state index in [0.29, 0.717) is 0 Å². The summed E-state index contributed by atoms with van der Waals surface area (Å²) >= 11 is 3.66. The molecular weight excluding hydrogens is 198 g/mol. The molecule has 64 valence electrons. The summed E-state index contributed by atoms with van der Waals surface area (Å²) in [6.45, 7) is 0. The van der Waals surface area contributed by atoms with Gasteiger partial charge in [0.05, 0.1) is 5.69 Å². The zero-order valence-corrected chi connectivity index (χ0v) is 8.49. The lowest BCUT2D eigenvalue weighted by molar-refractivity contribution is 1.37. The summed E-state index contributed by atoms with van der Waals surface area (Å²) in [5.41, 5.74) is 1.12. The highest BCUT2D eigenvalue weighted by molar-refractivity contribution is 8.18. The molecule has 1 nitrogen and oxygen atoms in total. The minimum Gasteiger partial charge on any atom is -0.240 e. The Labute approximate surface area is 85.3 Å². The molecule has 0 spiro atoms. The summed E-state index contributed by atoms with van der Waals surface area (Å²) in [6, 6.07) is 8.31. The van der Waals surface area contributed by atoms with E-state index in [1.54, 1.807) is 0 Å².